The average molecular weight is 323 g/mol. The van der Waals surface area contributed by atoms with Crippen molar-refractivity contribution in [1.29, 1.82) is 0 Å². The van der Waals surface area contributed by atoms with Crippen LogP contribution in [0, 0.1) is 11.7 Å². The van der Waals surface area contributed by atoms with Gasteiger partial charge in [0.1, 0.15) is 5.82 Å². The molecule has 5 heteroatoms. The van der Waals surface area contributed by atoms with Crippen LogP contribution in [0.15, 0.2) is 24.3 Å². The summed E-state index contributed by atoms with van der Waals surface area (Å²) >= 11 is 0. The van der Waals surface area contributed by atoms with Gasteiger partial charge in [-0.1, -0.05) is 12.1 Å². The molecule has 2 saturated heterocycles. The number of likely N-dealkylation sites (tertiary alicyclic amines) is 1. The normalized spacial score (nSPS) is 33.7. The van der Waals surface area contributed by atoms with Crippen molar-refractivity contribution in [2.24, 2.45) is 5.92 Å². The first-order valence-corrected chi connectivity index (χ1v) is 8.45. The molecule has 0 radical (unpaired) electrons. The quantitative estimate of drug-likeness (QED) is 0.891. The zero-order valence-corrected chi connectivity index (χ0v) is 13.6. The largest absolute Gasteiger partial charge is 0.390 e. The maximum absolute atomic E-state index is 13.0. The highest BCUT2D eigenvalue weighted by Crippen LogP contribution is 2.36. The second kappa shape index (κ2) is 6.85. The van der Waals surface area contributed by atoms with E-state index < -0.39 is 11.7 Å². The Balaban J connectivity index is 1.68. The van der Waals surface area contributed by atoms with Crippen molar-refractivity contribution >= 4 is 0 Å². The third kappa shape index (κ3) is 3.74. The molecule has 128 valence electrons. The van der Waals surface area contributed by atoms with Gasteiger partial charge in [-0.2, -0.15) is 0 Å². The zero-order valence-electron chi connectivity index (χ0n) is 13.6. The number of β-amino-alcohol motifs (C(OH)–C–C–N with tert-alkyl or cyclic N) is 1. The fraction of sp³-hybridized carbons (Fsp3) is 0.667. The summed E-state index contributed by atoms with van der Waals surface area (Å²) in [7, 11) is 0. The molecule has 0 saturated carbocycles. The molecule has 1 aromatic carbocycles. The van der Waals surface area contributed by atoms with Crippen molar-refractivity contribution in [3.63, 3.8) is 0 Å². The standard InChI is InChI=1S/C18H26FNO3/c1-18(22)8-10-23-12-15(18)16-3-2-9-20(16)11-17(21)13-4-6-14(19)7-5-13/h4-7,15-17,21-22H,2-3,8-12H2,1H3. The lowest BCUT2D eigenvalue weighted by Gasteiger charge is -2.43. The molecule has 4 atom stereocenters. The summed E-state index contributed by atoms with van der Waals surface area (Å²) in [5, 5.41) is 21.1. The number of benzene rings is 1. The van der Waals surface area contributed by atoms with Gasteiger partial charge in [0.25, 0.3) is 0 Å². The summed E-state index contributed by atoms with van der Waals surface area (Å²) in [4.78, 5) is 2.25. The molecule has 2 N–H and O–H groups in total. The van der Waals surface area contributed by atoms with Crippen LogP contribution in [0.2, 0.25) is 0 Å². The van der Waals surface area contributed by atoms with Gasteiger partial charge in [0, 0.05) is 25.1 Å². The van der Waals surface area contributed by atoms with Crippen LogP contribution < -0.4 is 0 Å². The molecule has 2 fully saturated rings. The summed E-state index contributed by atoms with van der Waals surface area (Å²) in [6, 6.07) is 6.23. The number of halogens is 1. The van der Waals surface area contributed by atoms with Crippen molar-refractivity contribution in [2.45, 2.75) is 43.9 Å². The topological polar surface area (TPSA) is 52.9 Å². The number of aliphatic hydroxyl groups excluding tert-OH is 1. The molecule has 1 aromatic rings. The number of aliphatic hydroxyl groups is 2. The van der Waals surface area contributed by atoms with E-state index >= 15 is 0 Å². The van der Waals surface area contributed by atoms with Crippen molar-refractivity contribution in [3.05, 3.63) is 35.6 Å². The molecular weight excluding hydrogens is 297 g/mol. The smallest absolute Gasteiger partial charge is 0.123 e. The third-order valence-electron chi connectivity index (χ3n) is 5.39. The molecule has 4 nitrogen and oxygen atoms in total. The minimum absolute atomic E-state index is 0.0687. The number of hydrogen-bond donors (Lipinski definition) is 2. The van der Waals surface area contributed by atoms with E-state index in [1.165, 1.54) is 12.1 Å². The summed E-state index contributed by atoms with van der Waals surface area (Å²) < 4.78 is 18.6. The van der Waals surface area contributed by atoms with Gasteiger partial charge in [0.15, 0.2) is 0 Å². The summed E-state index contributed by atoms with van der Waals surface area (Å²) in [5.74, 6) is -0.227. The lowest BCUT2D eigenvalue weighted by molar-refractivity contribution is -0.124. The predicted octanol–water partition coefficient (Wildman–Crippen LogP) is 2.11. The van der Waals surface area contributed by atoms with Gasteiger partial charge >= 0.3 is 0 Å². The predicted molar refractivity (Wildman–Crippen MR) is 85.5 cm³/mol. The Morgan fingerprint density at radius 3 is 2.83 bits per heavy atom. The van der Waals surface area contributed by atoms with Crippen LogP contribution in [-0.4, -0.2) is 53.1 Å². The number of nitrogens with zero attached hydrogens (tertiary/aromatic N) is 1. The Kier molecular flexibility index (Phi) is 5.01. The fourth-order valence-electron chi connectivity index (χ4n) is 3.93. The molecule has 2 aliphatic heterocycles. The van der Waals surface area contributed by atoms with Crippen molar-refractivity contribution in [3.8, 4) is 0 Å². The minimum atomic E-state index is -0.716. The molecule has 4 unspecified atom stereocenters. The van der Waals surface area contributed by atoms with Gasteiger partial charge in [-0.3, -0.25) is 4.90 Å². The molecule has 0 bridgehead atoms. The van der Waals surface area contributed by atoms with Crippen LogP contribution in [0.3, 0.4) is 0 Å². The highest BCUT2D eigenvalue weighted by Gasteiger charge is 2.44. The molecule has 2 aliphatic rings. The van der Waals surface area contributed by atoms with Crippen molar-refractivity contribution in [2.75, 3.05) is 26.3 Å². The SMILES string of the molecule is CC1(O)CCOCC1C1CCCN1CC(O)c1ccc(F)cc1. The Morgan fingerprint density at radius 2 is 2.13 bits per heavy atom. The Bertz CT molecular complexity index is 520. The Morgan fingerprint density at radius 1 is 1.39 bits per heavy atom. The van der Waals surface area contributed by atoms with E-state index in [1.54, 1.807) is 12.1 Å². The maximum Gasteiger partial charge on any atom is 0.123 e. The molecular formula is C18H26FNO3. The van der Waals surface area contributed by atoms with Crippen LogP contribution in [0.5, 0.6) is 0 Å². The highest BCUT2D eigenvalue weighted by molar-refractivity contribution is 5.19. The van der Waals surface area contributed by atoms with E-state index in [0.29, 0.717) is 26.2 Å². The van der Waals surface area contributed by atoms with Crippen molar-refractivity contribution < 1.29 is 19.3 Å². The monoisotopic (exact) mass is 323 g/mol. The lowest BCUT2D eigenvalue weighted by atomic mass is 9.79. The second-order valence-electron chi connectivity index (χ2n) is 7.06. The van der Waals surface area contributed by atoms with Crippen LogP contribution in [0.4, 0.5) is 4.39 Å². The Labute approximate surface area is 136 Å². The molecule has 2 heterocycles. The zero-order chi connectivity index (χ0) is 16.4. The molecule has 23 heavy (non-hydrogen) atoms. The fourth-order valence-corrected chi connectivity index (χ4v) is 3.93. The summed E-state index contributed by atoms with van der Waals surface area (Å²) in [5.41, 5.74) is 0.00971. The maximum atomic E-state index is 13.0. The number of hydrogen-bond acceptors (Lipinski definition) is 4. The van der Waals surface area contributed by atoms with Gasteiger partial charge < -0.3 is 14.9 Å². The number of ether oxygens (including phenoxy) is 1. The van der Waals surface area contributed by atoms with Gasteiger partial charge in [0.05, 0.1) is 18.3 Å². The van der Waals surface area contributed by atoms with Gasteiger partial charge in [-0.25, -0.2) is 4.39 Å². The minimum Gasteiger partial charge on any atom is -0.390 e. The molecule has 0 aliphatic carbocycles. The van der Waals surface area contributed by atoms with Gasteiger partial charge in [0.2, 0.25) is 0 Å². The summed E-state index contributed by atoms with van der Waals surface area (Å²) in [6.07, 6.45) is 2.08. The molecule has 0 spiro atoms. The first kappa shape index (κ1) is 16.8. The molecule has 3 rings (SSSR count). The van der Waals surface area contributed by atoms with Gasteiger partial charge in [-0.05, 0) is 50.4 Å². The second-order valence-corrected chi connectivity index (χ2v) is 7.06. The van der Waals surface area contributed by atoms with E-state index in [9.17, 15) is 14.6 Å². The summed E-state index contributed by atoms with van der Waals surface area (Å²) in [6.45, 7) is 4.49. The van der Waals surface area contributed by atoms with E-state index in [4.69, 9.17) is 4.74 Å². The number of rotatable bonds is 4. The molecule has 0 amide bonds. The third-order valence-corrected chi connectivity index (χ3v) is 5.39. The van der Waals surface area contributed by atoms with Gasteiger partial charge in [-0.15, -0.1) is 0 Å². The lowest BCUT2D eigenvalue weighted by Crippen LogP contribution is -2.53. The first-order chi connectivity index (χ1) is 11.0. The van der Waals surface area contributed by atoms with E-state index in [0.717, 1.165) is 24.9 Å². The van der Waals surface area contributed by atoms with E-state index in [-0.39, 0.29) is 17.8 Å². The average Bonchev–Trinajstić information content (AvgIpc) is 2.95. The highest BCUT2D eigenvalue weighted by atomic mass is 19.1. The van der Waals surface area contributed by atoms with E-state index in [2.05, 4.69) is 4.90 Å². The van der Waals surface area contributed by atoms with Crippen molar-refractivity contribution in [1.82, 2.24) is 4.90 Å². The van der Waals surface area contributed by atoms with Crippen LogP contribution >= 0.6 is 0 Å². The van der Waals surface area contributed by atoms with Crippen LogP contribution in [0.25, 0.3) is 0 Å². The molecule has 0 aromatic heterocycles. The van der Waals surface area contributed by atoms with E-state index in [1.807, 2.05) is 6.92 Å². The first-order valence-electron chi connectivity index (χ1n) is 8.45. The van der Waals surface area contributed by atoms with Crippen LogP contribution in [-0.2, 0) is 4.74 Å². The van der Waals surface area contributed by atoms with Crippen LogP contribution in [0.1, 0.15) is 37.9 Å². The Hall–Kier alpha value is -1.01.